The first-order valence-electron chi connectivity index (χ1n) is 2.80. The fraction of sp³-hybridized carbons (Fsp3) is 0.500. The van der Waals surface area contributed by atoms with E-state index in [1.165, 1.54) is 11.8 Å². The standard InChI is InChI=1S/C6H7ClO2/c7-3-4-9-6(8)5-1-2-5/h3-5H,1-2H2/b4-3+. The zero-order valence-corrected chi connectivity index (χ0v) is 5.60. The molecule has 1 aliphatic rings. The Morgan fingerprint density at radius 3 is 2.78 bits per heavy atom. The van der Waals surface area contributed by atoms with Crippen LogP contribution in [0.15, 0.2) is 11.8 Å². The van der Waals surface area contributed by atoms with Gasteiger partial charge in [0.25, 0.3) is 0 Å². The average Bonchev–Trinajstić information content (AvgIpc) is 2.63. The van der Waals surface area contributed by atoms with Crippen LogP contribution in [0, 0.1) is 5.92 Å². The van der Waals surface area contributed by atoms with Gasteiger partial charge >= 0.3 is 5.97 Å². The Kier molecular flexibility index (Phi) is 2.11. The van der Waals surface area contributed by atoms with Gasteiger partial charge in [0.2, 0.25) is 0 Å². The summed E-state index contributed by atoms with van der Waals surface area (Å²) in [6.07, 6.45) is 3.13. The molecule has 0 saturated heterocycles. The molecule has 0 atom stereocenters. The minimum absolute atomic E-state index is 0.151. The molecule has 0 unspecified atom stereocenters. The van der Waals surface area contributed by atoms with Crippen molar-refractivity contribution < 1.29 is 9.53 Å². The van der Waals surface area contributed by atoms with Crippen molar-refractivity contribution >= 4 is 17.6 Å². The predicted molar refractivity (Wildman–Crippen MR) is 33.8 cm³/mol. The molecule has 9 heavy (non-hydrogen) atoms. The lowest BCUT2D eigenvalue weighted by molar-refractivity contribution is -0.139. The molecule has 1 rings (SSSR count). The Labute approximate surface area is 58.4 Å². The molecule has 0 aromatic heterocycles. The normalized spacial score (nSPS) is 18.3. The lowest BCUT2D eigenvalue weighted by Gasteiger charge is -1.91. The highest BCUT2D eigenvalue weighted by atomic mass is 35.5. The molecule has 0 heterocycles. The van der Waals surface area contributed by atoms with Gasteiger partial charge in [0, 0.05) is 5.54 Å². The number of rotatable bonds is 2. The molecule has 0 radical (unpaired) electrons. The fourth-order valence-corrected chi connectivity index (χ4v) is 0.559. The van der Waals surface area contributed by atoms with Crippen LogP contribution in [0.2, 0.25) is 0 Å². The minimum Gasteiger partial charge on any atom is -0.433 e. The molecule has 3 heteroatoms. The Bertz CT molecular complexity index is 138. The zero-order valence-electron chi connectivity index (χ0n) is 4.84. The Morgan fingerprint density at radius 1 is 1.67 bits per heavy atom. The Morgan fingerprint density at radius 2 is 2.33 bits per heavy atom. The van der Waals surface area contributed by atoms with E-state index in [0.717, 1.165) is 12.8 Å². The van der Waals surface area contributed by atoms with E-state index in [4.69, 9.17) is 11.6 Å². The van der Waals surface area contributed by atoms with Gasteiger partial charge in [-0.25, -0.2) is 0 Å². The topological polar surface area (TPSA) is 26.3 Å². The molecular formula is C6H7ClO2. The molecule has 0 aliphatic heterocycles. The van der Waals surface area contributed by atoms with E-state index < -0.39 is 0 Å². The third kappa shape index (κ3) is 2.06. The quantitative estimate of drug-likeness (QED) is 0.438. The molecule has 2 nitrogen and oxygen atoms in total. The third-order valence-electron chi connectivity index (χ3n) is 1.15. The smallest absolute Gasteiger partial charge is 0.313 e. The number of esters is 1. The molecule has 0 N–H and O–H groups in total. The van der Waals surface area contributed by atoms with Gasteiger partial charge in [-0.3, -0.25) is 4.79 Å². The SMILES string of the molecule is O=C(O/C=C/Cl)C1CC1. The number of hydrogen-bond acceptors (Lipinski definition) is 2. The zero-order chi connectivity index (χ0) is 6.69. The highest BCUT2D eigenvalue weighted by Gasteiger charge is 2.30. The molecule has 0 aromatic carbocycles. The minimum atomic E-state index is -0.160. The summed E-state index contributed by atoms with van der Waals surface area (Å²) in [5.41, 5.74) is 1.18. The largest absolute Gasteiger partial charge is 0.433 e. The van der Waals surface area contributed by atoms with Gasteiger partial charge < -0.3 is 4.74 Å². The van der Waals surface area contributed by atoms with Crippen LogP contribution in [0.3, 0.4) is 0 Å². The number of carbonyl (C=O) groups excluding carboxylic acids is 1. The first-order valence-corrected chi connectivity index (χ1v) is 3.24. The van der Waals surface area contributed by atoms with Gasteiger partial charge in [-0.05, 0) is 12.8 Å². The number of carbonyl (C=O) groups is 1. The van der Waals surface area contributed by atoms with Gasteiger partial charge in [0.15, 0.2) is 0 Å². The highest BCUT2D eigenvalue weighted by Crippen LogP contribution is 2.29. The summed E-state index contributed by atoms with van der Waals surface area (Å²) >= 11 is 5.11. The van der Waals surface area contributed by atoms with Crippen molar-refractivity contribution in [3.63, 3.8) is 0 Å². The van der Waals surface area contributed by atoms with Crippen molar-refractivity contribution in [3.05, 3.63) is 11.8 Å². The van der Waals surface area contributed by atoms with E-state index in [2.05, 4.69) is 4.74 Å². The summed E-state index contributed by atoms with van der Waals surface area (Å²) in [5.74, 6) is -0.00948. The van der Waals surface area contributed by atoms with Gasteiger partial charge in [-0.1, -0.05) is 11.6 Å². The van der Waals surface area contributed by atoms with Crippen LogP contribution in [-0.4, -0.2) is 5.97 Å². The van der Waals surface area contributed by atoms with Gasteiger partial charge in [0.05, 0.1) is 5.92 Å². The maximum Gasteiger partial charge on any atom is 0.313 e. The van der Waals surface area contributed by atoms with E-state index in [-0.39, 0.29) is 11.9 Å². The van der Waals surface area contributed by atoms with Crippen LogP contribution in [0.25, 0.3) is 0 Å². The molecule has 0 spiro atoms. The monoisotopic (exact) mass is 146 g/mol. The van der Waals surface area contributed by atoms with Crippen molar-refractivity contribution in [3.8, 4) is 0 Å². The van der Waals surface area contributed by atoms with Crippen molar-refractivity contribution in [1.82, 2.24) is 0 Å². The van der Waals surface area contributed by atoms with E-state index in [9.17, 15) is 4.79 Å². The van der Waals surface area contributed by atoms with Crippen LogP contribution < -0.4 is 0 Å². The summed E-state index contributed by atoms with van der Waals surface area (Å²) in [4.78, 5) is 10.6. The molecule has 1 aliphatic carbocycles. The first kappa shape index (κ1) is 6.62. The predicted octanol–water partition coefficient (Wildman–Crippen LogP) is 1.65. The van der Waals surface area contributed by atoms with Crippen molar-refractivity contribution in [1.29, 1.82) is 0 Å². The summed E-state index contributed by atoms with van der Waals surface area (Å²) in [6, 6.07) is 0. The van der Waals surface area contributed by atoms with Crippen LogP contribution >= 0.6 is 11.6 Å². The second kappa shape index (κ2) is 2.87. The number of halogens is 1. The van der Waals surface area contributed by atoms with Crippen molar-refractivity contribution in [2.24, 2.45) is 5.92 Å². The Balaban J connectivity index is 2.18. The summed E-state index contributed by atoms with van der Waals surface area (Å²) in [5, 5.41) is 0. The van der Waals surface area contributed by atoms with Crippen LogP contribution in [0.5, 0.6) is 0 Å². The fourth-order valence-electron chi connectivity index (χ4n) is 0.508. The molecular weight excluding hydrogens is 140 g/mol. The van der Waals surface area contributed by atoms with Crippen LogP contribution in [0.4, 0.5) is 0 Å². The lowest BCUT2D eigenvalue weighted by Crippen LogP contribution is -2.00. The highest BCUT2D eigenvalue weighted by molar-refractivity contribution is 6.25. The summed E-state index contributed by atoms with van der Waals surface area (Å²) in [6.45, 7) is 0. The van der Waals surface area contributed by atoms with Crippen LogP contribution in [-0.2, 0) is 9.53 Å². The molecule has 1 saturated carbocycles. The third-order valence-corrected chi connectivity index (χ3v) is 1.25. The maximum atomic E-state index is 10.6. The van der Waals surface area contributed by atoms with Crippen LogP contribution in [0.1, 0.15) is 12.8 Å². The molecule has 0 amide bonds. The van der Waals surface area contributed by atoms with Gasteiger partial charge in [-0.15, -0.1) is 0 Å². The summed E-state index contributed by atoms with van der Waals surface area (Å²) < 4.78 is 4.56. The second-order valence-electron chi connectivity index (χ2n) is 1.97. The first-order chi connectivity index (χ1) is 4.34. The number of hydrogen-bond donors (Lipinski definition) is 0. The van der Waals surface area contributed by atoms with E-state index >= 15 is 0 Å². The molecule has 0 bridgehead atoms. The maximum absolute atomic E-state index is 10.6. The van der Waals surface area contributed by atoms with E-state index in [1.807, 2.05) is 0 Å². The molecule has 1 fully saturated rings. The van der Waals surface area contributed by atoms with E-state index in [1.54, 1.807) is 0 Å². The number of ether oxygens (including phenoxy) is 1. The Hall–Kier alpha value is -0.500. The van der Waals surface area contributed by atoms with Crippen molar-refractivity contribution in [2.75, 3.05) is 0 Å². The molecule has 0 aromatic rings. The van der Waals surface area contributed by atoms with Crippen molar-refractivity contribution in [2.45, 2.75) is 12.8 Å². The average molecular weight is 147 g/mol. The summed E-state index contributed by atoms with van der Waals surface area (Å²) in [7, 11) is 0. The van der Waals surface area contributed by atoms with Gasteiger partial charge in [0.1, 0.15) is 6.26 Å². The van der Waals surface area contributed by atoms with Gasteiger partial charge in [-0.2, -0.15) is 0 Å². The lowest BCUT2D eigenvalue weighted by atomic mass is 10.4. The molecule has 50 valence electrons. The van der Waals surface area contributed by atoms with E-state index in [0.29, 0.717) is 0 Å². The second-order valence-corrected chi connectivity index (χ2v) is 2.23.